The Balaban J connectivity index is 2.18. The van der Waals surface area contributed by atoms with E-state index < -0.39 is 25.7 Å². The predicted molar refractivity (Wildman–Crippen MR) is 67.8 cm³/mol. The SMILES string of the molecule is C=S(=O)(OC1C=CS(=O)(=O)C1)c1ccccc1. The maximum atomic E-state index is 12.2. The molecule has 1 aliphatic heterocycles. The molecule has 0 bridgehead atoms. The van der Waals surface area contributed by atoms with Gasteiger partial charge in [0.1, 0.15) is 15.9 Å². The molecular formula is C11H12O4S2. The highest BCUT2D eigenvalue weighted by Gasteiger charge is 2.25. The fraction of sp³-hybridized carbons (Fsp3) is 0.182. The summed E-state index contributed by atoms with van der Waals surface area (Å²) in [6.07, 6.45) is 0.702. The molecule has 4 nitrogen and oxygen atoms in total. The molecule has 0 fully saturated rings. The molecule has 2 rings (SSSR count). The minimum absolute atomic E-state index is 0.174. The van der Waals surface area contributed by atoms with Gasteiger partial charge in [0.2, 0.25) is 0 Å². The molecule has 0 aromatic heterocycles. The van der Waals surface area contributed by atoms with Gasteiger partial charge in [0.25, 0.3) is 0 Å². The van der Waals surface area contributed by atoms with Gasteiger partial charge in [-0.3, -0.25) is 4.18 Å². The molecule has 0 saturated carbocycles. The van der Waals surface area contributed by atoms with Crippen molar-refractivity contribution in [2.45, 2.75) is 11.0 Å². The lowest BCUT2D eigenvalue weighted by Crippen LogP contribution is -2.19. The molecule has 6 heteroatoms. The molecule has 2 unspecified atom stereocenters. The standard InChI is InChI=1S/C11H12O4S2/c1-16(12,11-5-3-2-4-6-11)15-10-7-8-17(13,14)9-10/h2-8,10H,1,9H2. The van der Waals surface area contributed by atoms with Crippen molar-refractivity contribution in [3.63, 3.8) is 0 Å². The highest BCUT2D eigenvalue weighted by Crippen LogP contribution is 2.18. The summed E-state index contributed by atoms with van der Waals surface area (Å²) in [7, 11) is -6.12. The molecule has 1 aromatic carbocycles. The van der Waals surface area contributed by atoms with Crippen LogP contribution in [0.3, 0.4) is 0 Å². The van der Waals surface area contributed by atoms with Gasteiger partial charge in [0.05, 0.1) is 10.6 Å². The van der Waals surface area contributed by atoms with Gasteiger partial charge in [0.15, 0.2) is 9.84 Å². The Morgan fingerprint density at radius 3 is 2.47 bits per heavy atom. The third-order valence-electron chi connectivity index (χ3n) is 2.28. The average Bonchev–Trinajstić information content (AvgIpc) is 2.58. The van der Waals surface area contributed by atoms with Crippen LogP contribution in [0.2, 0.25) is 0 Å². The molecule has 0 saturated heterocycles. The Kier molecular flexibility index (Phi) is 3.11. The second-order valence-corrected chi connectivity index (χ2v) is 7.55. The van der Waals surface area contributed by atoms with E-state index in [1.165, 1.54) is 6.08 Å². The molecule has 2 atom stereocenters. The second-order valence-electron chi connectivity index (χ2n) is 3.72. The van der Waals surface area contributed by atoms with Gasteiger partial charge < -0.3 is 0 Å². The van der Waals surface area contributed by atoms with Gasteiger partial charge in [-0.05, 0) is 24.1 Å². The van der Waals surface area contributed by atoms with Crippen LogP contribution in [0.5, 0.6) is 0 Å². The lowest BCUT2D eigenvalue weighted by atomic mass is 10.4. The Morgan fingerprint density at radius 2 is 1.94 bits per heavy atom. The van der Waals surface area contributed by atoms with E-state index in [9.17, 15) is 12.6 Å². The summed E-state index contributed by atoms with van der Waals surface area (Å²) in [5.74, 6) is 3.35. The summed E-state index contributed by atoms with van der Waals surface area (Å²) in [6, 6.07) is 8.53. The van der Waals surface area contributed by atoms with Crippen LogP contribution in [-0.2, 0) is 23.8 Å². The minimum atomic E-state index is -3.21. The van der Waals surface area contributed by atoms with Crippen LogP contribution in [0.1, 0.15) is 0 Å². The maximum Gasteiger partial charge on any atom is 0.174 e. The lowest BCUT2D eigenvalue weighted by Gasteiger charge is -2.13. The van der Waals surface area contributed by atoms with Crippen LogP contribution in [0.25, 0.3) is 0 Å². The number of benzene rings is 1. The molecule has 1 aromatic rings. The van der Waals surface area contributed by atoms with Crippen molar-refractivity contribution in [2.75, 3.05) is 5.75 Å². The molecule has 92 valence electrons. The van der Waals surface area contributed by atoms with Crippen LogP contribution in [0, 0.1) is 0 Å². The molecule has 1 heterocycles. The Hall–Kier alpha value is -1.11. The third-order valence-corrected chi connectivity index (χ3v) is 5.19. The van der Waals surface area contributed by atoms with E-state index in [4.69, 9.17) is 4.18 Å². The van der Waals surface area contributed by atoms with Crippen molar-refractivity contribution < 1.29 is 16.8 Å². The van der Waals surface area contributed by atoms with Gasteiger partial charge in [-0.1, -0.05) is 18.2 Å². The van der Waals surface area contributed by atoms with Crippen LogP contribution < -0.4 is 0 Å². The van der Waals surface area contributed by atoms with Gasteiger partial charge in [0, 0.05) is 5.41 Å². The van der Waals surface area contributed by atoms with E-state index in [-0.39, 0.29) is 5.75 Å². The fourth-order valence-corrected chi connectivity index (χ4v) is 3.95. The highest BCUT2D eigenvalue weighted by molar-refractivity contribution is 7.96. The second kappa shape index (κ2) is 4.29. The molecule has 0 N–H and O–H groups in total. The normalized spacial score (nSPS) is 25.5. The largest absolute Gasteiger partial charge is 0.286 e. The summed E-state index contributed by atoms with van der Waals surface area (Å²) in [5.41, 5.74) is 0. The van der Waals surface area contributed by atoms with Crippen molar-refractivity contribution in [1.29, 1.82) is 0 Å². The first-order valence-electron chi connectivity index (χ1n) is 4.91. The summed E-state index contributed by atoms with van der Waals surface area (Å²) in [4.78, 5) is 0.456. The molecule has 0 spiro atoms. The third kappa shape index (κ3) is 2.96. The number of rotatable bonds is 3. The van der Waals surface area contributed by atoms with Crippen molar-refractivity contribution in [1.82, 2.24) is 0 Å². The number of hydrogen-bond donors (Lipinski definition) is 0. The van der Waals surface area contributed by atoms with Crippen molar-refractivity contribution in [3.05, 3.63) is 41.8 Å². The van der Waals surface area contributed by atoms with E-state index in [1.807, 2.05) is 0 Å². The van der Waals surface area contributed by atoms with E-state index in [0.717, 1.165) is 5.41 Å². The van der Waals surface area contributed by atoms with Crippen molar-refractivity contribution in [3.8, 4) is 0 Å². The van der Waals surface area contributed by atoms with Crippen LogP contribution in [0.4, 0.5) is 0 Å². The summed E-state index contributed by atoms with van der Waals surface area (Å²) in [5, 5.41) is 1.08. The van der Waals surface area contributed by atoms with Crippen molar-refractivity contribution in [2.24, 2.45) is 0 Å². The van der Waals surface area contributed by atoms with Gasteiger partial charge >= 0.3 is 0 Å². The van der Waals surface area contributed by atoms with Crippen molar-refractivity contribution >= 4 is 25.5 Å². The van der Waals surface area contributed by atoms with Crippen LogP contribution >= 0.6 is 0 Å². The zero-order chi connectivity index (χ0) is 12.5. The van der Waals surface area contributed by atoms with Crippen LogP contribution in [0.15, 0.2) is 46.7 Å². The van der Waals surface area contributed by atoms with Gasteiger partial charge in [-0.25, -0.2) is 12.6 Å². The van der Waals surface area contributed by atoms with E-state index >= 15 is 0 Å². The first kappa shape index (κ1) is 12.3. The predicted octanol–water partition coefficient (Wildman–Crippen LogP) is 1.00. The molecule has 1 aliphatic rings. The number of sulfone groups is 1. The zero-order valence-corrected chi connectivity index (χ0v) is 10.6. The fourth-order valence-electron chi connectivity index (χ4n) is 1.49. The molecule has 0 radical (unpaired) electrons. The topological polar surface area (TPSA) is 60.4 Å². The monoisotopic (exact) mass is 272 g/mol. The number of hydrogen-bond acceptors (Lipinski definition) is 4. The Labute approximate surface area is 101 Å². The molecule has 0 aliphatic carbocycles. The van der Waals surface area contributed by atoms with E-state index in [2.05, 4.69) is 5.87 Å². The quantitative estimate of drug-likeness (QED) is 0.770. The average molecular weight is 272 g/mol. The summed E-state index contributed by atoms with van der Waals surface area (Å²) < 4.78 is 39.8. The van der Waals surface area contributed by atoms with E-state index in [0.29, 0.717) is 4.90 Å². The van der Waals surface area contributed by atoms with Gasteiger partial charge in [-0.2, -0.15) is 0 Å². The van der Waals surface area contributed by atoms with Gasteiger partial charge in [-0.15, -0.1) is 0 Å². The summed E-state index contributed by atoms with van der Waals surface area (Å²) >= 11 is 0. The lowest BCUT2D eigenvalue weighted by molar-refractivity contribution is 0.301. The maximum absolute atomic E-state index is 12.2. The molecular weight excluding hydrogens is 260 g/mol. The highest BCUT2D eigenvalue weighted by atomic mass is 32.2. The van der Waals surface area contributed by atoms with Crippen LogP contribution in [-0.4, -0.2) is 30.4 Å². The first-order chi connectivity index (χ1) is 7.89. The Morgan fingerprint density at radius 1 is 1.29 bits per heavy atom. The molecule has 17 heavy (non-hydrogen) atoms. The smallest absolute Gasteiger partial charge is 0.174 e. The summed E-state index contributed by atoms with van der Waals surface area (Å²) in [6.45, 7) is 0. The Bertz CT molecular complexity index is 627. The molecule has 0 amide bonds. The zero-order valence-electron chi connectivity index (χ0n) is 8.98. The first-order valence-corrected chi connectivity index (χ1v) is 8.27. The minimum Gasteiger partial charge on any atom is -0.286 e. The van der Waals surface area contributed by atoms with E-state index in [1.54, 1.807) is 30.3 Å².